The first-order valence-corrected chi connectivity index (χ1v) is 7.97. The zero-order valence-corrected chi connectivity index (χ0v) is 13.2. The highest BCUT2D eigenvalue weighted by Crippen LogP contribution is 2.28. The molecule has 0 aliphatic carbocycles. The van der Waals surface area contributed by atoms with E-state index in [-0.39, 0.29) is 5.54 Å². The minimum absolute atomic E-state index is 0.204. The SMILES string of the molecule is CCCN1CCC(CN)(N(CC)CCOCC)CC1. The molecule has 114 valence electrons. The lowest BCUT2D eigenvalue weighted by molar-refractivity contribution is 0.00911. The fraction of sp³-hybridized carbons (Fsp3) is 1.00. The minimum atomic E-state index is 0.204. The minimum Gasteiger partial charge on any atom is -0.380 e. The van der Waals surface area contributed by atoms with E-state index < -0.39 is 0 Å². The number of likely N-dealkylation sites (tertiary alicyclic amines) is 1. The number of ether oxygens (including phenoxy) is 1. The molecule has 1 fully saturated rings. The van der Waals surface area contributed by atoms with Gasteiger partial charge in [-0.1, -0.05) is 13.8 Å². The van der Waals surface area contributed by atoms with Gasteiger partial charge in [0.05, 0.1) is 6.61 Å². The van der Waals surface area contributed by atoms with Crippen LogP contribution in [-0.2, 0) is 4.74 Å². The highest BCUT2D eigenvalue weighted by atomic mass is 16.5. The van der Waals surface area contributed by atoms with Gasteiger partial charge in [-0.05, 0) is 52.4 Å². The van der Waals surface area contributed by atoms with Crippen molar-refractivity contribution in [3.05, 3.63) is 0 Å². The maximum Gasteiger partial charge on any atom is 0.0593 e. The van der Waals surface area contributed by atoms with Gasteiger partial charge in [-0.2, -0.15) is 0 Å². The zero-order chi connectivity index (χ0) is 14.1. The van der Waals surface area contributed by atoms with Crippen LogP contribution >= 0.6 is 0 Å². The predicted molar refractivity (Wildman–Crippen MR) is 81.5 cm³/mol. The highest BCUT2D eigenvalue weighted by molar-refractivity contribution is 4.96. The van der Waals surface area contributed by atoms with E-state index in [9.17, 15) is 0 Å². The van der Waals surface area contributed by atoms with Crippen LogP contribution < -0.4 is 5.73 Å². The van der Waals surface area contributed by atoms with Gasteiger partial charge in [-0.15, -0.1) is 0 Å². The normalized spacial score (nSPS) is 20.1. The Morgan fingerprint density at radius 3 is 2.37 bits per heavy atom. The standard InChI is InChI=1S/C15H33N3O/c1-4-9-17-10-7-15(14-16,8-11-17)18(5-2)12-13-19-6-3/h4-14,16H2,1-3H3. The van der Waals surface area contributed by atoms with Crippen molar-refractivity contribution in [1.29, 1.82) is 0 Å². The quantitative estimate of drug-likeness (QED) is 0.646. The summed E-state index contributed by atoms with van der Waals surface area (Å²) in [6, 6.07) is 0. The van der Waals surface area contributed by atoms with Crippen LogP contribution in [0.4, 0.5) is 0 Å². The van der Waals surface area contributed by atoms with Gasteiger partial charge in [-0.25, -0.2) is 0 Å². The third-order valence-corrected chi connectivity index (χ3v) is 4.47. The lowest BCUT2D eigenvalue weighted by Gasteiger charge is -2.48. The smallest absolute Gasteiger partial charge is 0.0593 e. The summed E-state index contributed by atoms with van der Waals surface area (Å²) in [5, 5.41) is 0. The molecule has 0 unspecified atom stereocenters. The molecule has 0 aromatic rings. The van der Waals surface area contributed by atoms with Crippen molar-refractivity contribution in [2.24, 2.45) is 5.73 Å². The fourth-order valence-corrected chi connectivity index (χ4v) is 3.21. The second-order valence-electron chi connectivity index (χ2n) is 5.55. The van der Waals surface area contributed by atoms with E-state index in [1.165, 1.54) is 38.9 Å². The van der Waals surface area contributed by atoms with Gasteiger partial charge in [0.15, 0.2) is 0 Å². The van der Waals surface area contributed by atoms with Crippen LogP contribution in [0.25, 0.3) is 0 Å². The average molecular weight is 271 g/mol. The van der Waals surface area contributed by atoms with Gasteiger partial charge in [0.2, 0.25) is 0 Å². The summed E-state index contributed by atoms with van der Waals surface area (Å²) < 4.78 is 5.51. The summed E-state index contributed by atoms with van der Waals surface area (Å²) >= 11 is 0. The van der Waals surface area contributed by atoms with Gasteiger partial charge in [0.1, 0.15) is 0 Å². The first kappa shape index (κ1) is 16.9. The van der Waals surface area contributed by atoms with Crippen molar-refractivity contribution in [3.63, 3.8) is 0 Å². The Bertz CT molecular complexity index is 227. The van der Waals surface area contributed by atoms with E-state index in [2.05, 4.69) is 30.6 Å². The number of nitrogens with zero attached hydrogens (tertiary/aromatic N) is 2. The van der Waals surface area contributed by atoms with Crippen molar-refractivity contribution in [2.75, 3.05) is 52.5 Å². The Kier molecular flexibility index (Phi) is 7.91. The predicted octanol–water partition coefficient (Wildman–Crippen LogP) is 1.55. The van der Waals surface area contributed by atoms with E-state index in [1.54, 1.807) is 0 Å². The Morgan fingerprint density at radius 1 is 1.21 bits per heavy atom. The molecule has 1 heterocycles. The zero-order valence-electron chi connectivity index (χ0n) is 13.2. The highest BCUT2D eigenvalue weighted by Gasteiger charge is 2.37. The van der Waals surface area contributed by atoms with Crippen LogP contribution in [0.5, 0.6) is 0 Å². The Hall–Kier alpha value is -0.160. The molecule has 0 aromatic carbocycles. The molecule has 0 saturated carbocycles. The molecule has 1 aliphatic heterocycles. The molecule has 1 aliphatic rings. The van der Waals surface area contributed by atoms with Gasteiger partial charge in [0, 0.05) is 25.2 Å². The van der Waals surface area contributed by atoms with Gasteiger partial charge in [0.25, 0.3) is 0 Å². The van der Waals surface area contributed by atoms with Crippen LogP contribution in [0.2, 0.25) is 0 Å². The van der Waals surface area contributed by atoms with Crippen LogP contribution in [-0.4, -0.2) is 67.8 Å². The molecule has 0 radical (unpaired) electrons. The van der Waals surface area contributed by atoms with Crippen LogP contribution in [0, 0.1) is 0 Å². The van der Waals surface area contributed by atoms with E-state index in [0.717, 1.165) is 32.8 Å². The van der Waals surface area contributed by atoms with Gasteiger partial charge >= 0.3 is 0 Å². The van der Waals surface area contributed by atoms with Crippen molar-refractivity contribution in [1.82, 2.24) is 9.80 Å². The third-order valence-electron chi connectivity index (χ3n) is 4.47. The summed E-state index contributed by atoms with van der Waals surface area (Å²) in [6.45, 7) is 14.6. The molecular formula is C15H33N3O. The lowest BCUT2D eigenvalue weighted by Crippen LogP contribution is -2.60. The summed E-state index contributed by atoms with van der Waals surface area (Å²) in [5.74, 6) is 0. The number of piperidine rings is 1. The molecule has 4 heteroatoms. The molecule has 0 amide bonds. The topological polar surface area (TPSA) is 41.7 Å². The average Bonchev–Trinajstić information content (AvgIpc) is 2.45. The Morgan fingerprint density at radius 2 is 1.89 bits per heavy atom. The lowest BCUT2D eigenvalue weighted by atomic mass is 9.85. The monoisotopic (exact) mass is 271 g/mol. The molecule has 2 N–H and O–H groups in total. The van der Waals surface area contributed by atoms with Crippen LogP contribution in [0.3, 0.4) is 0 Å². The van der Waals surface area contributed by atoms with E-state index >= 15 is 0 Å². The molecule has 19 heavy (non-hydrogen) atoms. The van der Waals surface area contributed by atoms with Gasteiger partial charge in [-0.3, -0.25) is 4.90 Å². The molecule has 0 spiro atoms. The van der Waals surface area contributed by atoms with Gasteiger partial charge < -0.3 is 15.4 Å². The molecular weight excluding hydrogens is 238 g/mol. The molecule has 4 nitrogen and oxygen atoms in total. The number of rotatable bonds is 9. The molecule has 1 saturated heterocycles. The number of hydrogen-bond donors (Lipinski definition) is 1. The maximum absolute atomic E-state index is 6.14. The van der Waals surface area contributed by atoms with Crippen LogP contribution in [0.1, 0.15) is 40.0 Å². The second-order valence-corrected chi connectivity index (χ2v) is 5.55. The summed E-state index contributed by atoms with van der Waals surface area (Å²) in [4.78, 5) is 5.12. The number of likely N-dealkylation sites (N-methyl/N-ethyl adjacent to an activating group) is 1. The molecule has 1 rings (SSSR count). The summed E-state index contributed by atoms with van der Waals surface area (Å²) in [7, 11) is 0. The summed E-state index contributed by atoms with van der Waals surface area (Å²) in [6.07, 6.45) is 3.64. The molecule has 0 atom stereocenters. The maximum atomic E-state index is 6.14. The fourth-order valence-electron chi connectivity index (χ4n) is 3.21. The van der Waals surface area contributed by atoms with E-state index in [4.69, 9.17) is 10.5 Å². The Balaban J connectivity index is 2.53. The van der Waals surface area contributed by atoms with E-state index in [1.807, 2.05) is 0 Å². The first-order chi connectivity index (χ1) is 9.22. The third kappa shape index (κ3) is 4.71. The summed E-state index contributed by atoms with van der Waals surface area (Å²) in [5.41, 5.74) is 6.34. The number of nitrogens with two attached hydrogens (primary N) is 1. The van der Waals surface area contributed by atoms with Crippen molar-refractivity contribution in [2.45, 2.75) is 45.6 Å². The number of hydrogen-bond acceptors (Lipinski definition) is 4. The van der Waals surface area contributed by atoms with Crippen molar-refractivity contribution < 1.29 is 4.74 Å². The van der Waals surface area contributed by atoms with Crippen molar-refractivity contribution >= 4 is 0 Å². The first-order valence-electron chi connectivity index (χ1n) is 7.97. The molecule has 0 aromatic heterocycles. The van der Waals surface area contributed by atoms with Crippen molar-refractivity contribution in [3.8, 4) is 0 Å². The van der Waals surface area contributed by atoms with Crippen LogP contribution in [0.15, 0.2) is 0 Å². The second kappa shape index (κ2) is 8.90. The molecule has 0 bridgehead atoms. The van der Waals surface area contributed by atoms with E-state index in [0.29, 0.717) is 0 Å². The Labute approximate surface area is 119 Å². The largest absolute Gasteiger partial charge is 0.380 e.